The molecule has 6 nitrogen and oxygen atoms in total. The number of carbonyl (C=O) groups is 1. The minimum absolute atomic E-state index is 0.0289. The van der Waals surface area contributed by atoms with Crippen molar-refractivity contribution in [1.82, 2.24) is 19.7 Å². The van der Waals surface area contributed by atoms with Crippen molar-refractivity contribution in [2.45, 2.75) is 46.6 Å². The molecule has 1 aliphatic heterocycles. The fourth-order valence-electron chi connectivity index (χ4n) is 3.82. The van der Waals surface area contributed by atoms with Crippen molar-refractivity contribution in [3.8, 4) is 11.3 Å². The minimum Gasteiger partial charge on any atom is -0.442 e. The van der Waals surface area contributed by atoms with E-state index in [1.54, 1.807) is 29.9 Å². The number of aryl methyl sites for hydroxylation is 3. The molecule has 1 aromatic carbocycles. The largest absolute Gasteiger partial charge is 0.442 e. The summed E-state index contributed by atoms with van der Waals surface area (Å²) in [6.07, 6.45) is 6.21. The topological polar surface area (TPSA) is 64.2 Å². The van der Waals surface area contributed by atoms with Gasteiger partial charge < -0.3 is 9.32 Å². The lowest BCUT2D eigenvalue weighted by atomic mass is 10.1. The van der Waals surface area contributed by atoms with Crippen molar-refractivity contribution < 1.29 is 13.6 Å². The number of hydrogen-bond donors (Lipinski definition) is 0. The molecule has 31 heavy (non-hydrogen) atoms. The van der Waals surface area contributed by atoms with Crippen LogP contribution in [0.5, 0.6) is 0 Å². The van der Waals surface area contributed by atoms with Gasteiger partial charge in [0.25, 0.3) is 0 Å². The van der Waals surface area contributed by atoms with Crippen LogP contribution in [0.25, 0.3) is 16.8 Å². The number of amides is 1. The van der Waals surface area contributed by atoms with Crippen molar-refractivity contribution in [3.05, 3.63) is 65.3 Å². The summed E-state index contributed by atoms with van der Waals surface area (Å²) >= 11 is 0. The van der Waals surface area contributed by atoms with E-state index in [-0.39, 0.29) is 18.3 Å². The summed E-state index contributed by atoms with van der Waals surface area (Å²) in [5, 5.41) is 4.68. The lowest BCUT2D eigenvalue weighted by Crippen LogP contribution is -2.37. The fraction of sp³-hybridized carbons (Fsp3) is 0.375. The molecule has 0 fully saturated rings. The first-order valence-electron chi connectivity index (χ1n) is 10.7. The molecule has 1 aliphatic rings. The Morgan fingerprint density at radius 2 is 2.10 bits per heavy atom. The molecule has 3 heterocycles. The molecule has 4 rings (SSSR count). The normalized spacial score (nSPS) is 14.1. The zero-order valence-electron chi connectivity index (χ0n) is 18.2. The van der Waals surface area contributed by atoms with Crippen LogP contribution in [-0.4, -0.2) is 38.7 Å². The Hall–Kier alpha value is -3.22. The SMILES string of the molecule is CCCc1cc(-c2ccc(F)c(C)c2)nn1CC(=O)N1CC=C(c2ncc(C)o2)CC1. The van der Waals surface area contributed by atoms with E-state index >= 15 is 0 Å². The highest BCUT2D eigenvalue weighted by molar-refractivity contribution is 5.77. The summed E-state index contributed by atoms with van der Waals surface area (Å²) in [6.45, 7) is 7.06. The molecule has 3 aromatic rings. The number of aromatic nitrogens is 3. The molecular weight excluding hydrogens is 395 g/mol. The van der Waals surface area contributed by atoms with E-state index in [1.807, 2.05) is 24.0 Å². The Bertz CT molecular complexity index is 1130. The van der Waals surface area contributed by atoms with Crippen LogP contribution in [0.1, 0.15) is 42.7 Å². The highest BCUT2D eigenvalue weighted by atomic mass is 19.1. The molecule has 0 bridgehead atoms. The summed E-state index contributed by atoms with van der Waals surface area (Å²) in [7, 11) is 0. The Morgan fingerprint density at radius 3 is 2.74 bits per heavy atom. The first kappa shape index (κ1) is 21.0. The zero-order chi connectivity index (χ0) is 22.0. The van der Waals surface area contributed by atoms with Gasteiger partial charge in [0.1, 0.15) is 18.1 Å². The van der Waals surface area contributed by atoms with E-state index in [1.165, 1.54) is 6.07 Å². The monoisotopic (exact) mass is 422 g/mol. The van der Waals surface area contributed by atoms with Gasteiger partial charge in [0, 0.05) is 29.9 Å². The standard InChI is InChI=1S/C24H27FN4O2/c1-4-5-20-13-22(19-6-7-21(25)16(2)12-19)27-29(20)15-23(30)28-10-8-18(9-11-28)24-26-14-17(3)31-24/h6-8,12-14H,4-5,9-11,15H2,1-3H3. The molecule has 0 spiro atoms. The Balaban J connectivity index is 1.49. The van der Waals surface area contributed by atoms with Crippen LogP contribution in [0.3, 0.4) is 0 Å². The second-order valence-corrected chi connectivity index (χ2v) is 7.99. The van der Waals surface area contributed by atoms with Crippen LogP contribution in [0.15, 0.2) is 41.0 Å². The van der Waals surface area contributed by atoms with Gasteiger partial charge in [-0.2, -0.15) is 5.10 Å². The van der Waals surface area contributed by atoms with Gasteiger partial charge in [-0.1, -0.05) is 19.4 Å². The number of rotatable bonds is 6. The van der Waals surface area contributed by atoms with Gasteiger partial charge >= 0.3 is 0 Å². The average molecular weight is 423 g/mol. The van der Waals surface area contributed by atoms with Gasteiger partial charge in [0.15, 0.2) is 0 Å². The third-order valence-corrected chi connectivity index (χ3v) is 5.57. The van der Waals surface area contributed by atoms with Gasteiger partial charge in [0.2, 0.25) is 11.8 Å². The van der Waals surface area contributed by atoms with Gasteiger partial charge in [-0.05, 0) is 56.5 Å². The molecule has 0 unspecified atom stereocenters. The number of nitrogens with zero attached hydrogens (tertiary/aromatic N) is 4. The van der Waals surface area contributed by atoms with E-state index < -0.39 is 0 Å². The number of oxazole rings is 1. The highest BCUT2D eigenvalue weighted by Gasteiger charge is 2.22. The molecule has 7 heteroatoms. The maximum absolute atomic E-state index is 13.6. The van der Waals surface area contributed by atoms with E-state index in [0.717, 1.165) is 41.1 Å². The van der Waals surface area contributed by atoms with Crippen LogP contribution < -0.4 is 0 Å². The van der Waals surface area contributed by atoms with Gasteiger partial charge in [-0.15, -0.1) is 0 Å². The summed E-state index contributed by atoms with van der Waals surface area (Å²) in [4.78, 5) is 19.1. The zero-order valence-corrected chi connectivity index (χ0v) is 18.2. The molecule has 162 valence electrons. The number of halogens is 1. The minimum atomic E-state index is -0.232. The van der Waals surface area contributed by atoms with Crippen LogP contribution in [0, 0.1) is 19.7 Å². The molecule has 2 aromatic heterocycles. The van der Waals surface area contributed by atoms with Crippen LogP contribution in [0.2, 0.25) is 0 Å². The molecular formula is C24H27FN4O2. The molecule has 1 amide bonds. The second kappa shape index (κ2) is 8.88. The summed E-state index contributed by atoms with van der Waals surface area (Å²) < 4.78 is 21.0. The maximum Gasteiger partial charge on any atom is 0.244 e. The predicted octanol–water partition coefficient (Wildman–Crippen LogP) is 4.56. The third-order valence-electron chi connectivity index (χ3n) is 5.57. The summed E-state index contributed by atoms with van der Waals surface area (Å²) in [5.41, 5.74) is 4.25. The Kier molecular flexibility index (Phi) is 6.02. The average Bonchev–Trinajstić information content (AvgIpc) is 3.37. The first-order chi connectivity index (χ1) is 14.9. The van der Waals surface area contributed by atoms with E-state index in [2.05, 4.69) is 17.0 Å². The maximum atomic E-state index is 13.6. The van der Waals surface area contributed by atoms with E-state index in [9.17, 15) is 9.18 Å². The molecule has 0 aliphatic carbocycles. The molecule has 0 radical (unpaired) electrons. The highest BCUT2D eigenvalue weighted by Crippen LogP contribution is 2.24. The number of carbonyl (C=O) groups excluding carboxylic acids is 1. The van der Waals surface area contributed by atoms with Crippen molar-refractivity contribution >= 4 is 11.5 Å². The van der Waals surface area contributed by atoms with Gasteiger partial charge in [0.05, 0.1) is 11.9 Å². The lowest BCUT2D eigenvalue weighted by molar-refractivity contribution is -0.131. The quantitative estimate of drug-likeness (QED) is 0.584. The van der Waals surface area contributed by atoms with Crippen molar-refractivity contribution in [2.75, 3.05) is 13.1 Å². The van der Waals surface area contributed by atoms with Crippen LogP contribution >= 0.6 is 0 Å². The van der Waals surface area contributed by atoms with Crippen molar-refractivity contribution in [3.63, 3.8) is 0 Å². The second-order valence-electron chi connectivity index (χ2n) is 7.99. The summed E-state index contributed by atoms with van der Waals surface area (Å²) in [5.74, 6) is 1.22. The van der Waals surface area contributed by atoms with Gasteiger partial charge in [-0.25, -0.2) is 9.37 Å². The van der Waals surface area contributed by atoms with Crippen molar-refractivity contribution in [1.29, 1.82) is 0 Å². The number of benzene rings is 1. The third kappa shape index (κ3) is 4.60. The number of hydrogen-bond acceptors (Lipinski definition) is 4. The lowest BCUT2D eigenvalue weighted by Gasteiger charge is -2.26. The summed E-state index contributed by atoms with van der Waals surface area (Å²) in [6, 6.07) is 6.98. The molecule has 0 saturated carbocycles. The fourth-order valence-corrected chi connectivity index (χ4v) is 3.82. The molecule has 0 saturated heterocycles. The van der Waals surface area contributed by atoms with Crippen molar-refractivity contribution in [2.24, 2.45) is 0 Å². The Labute approximate surface area is 181 Å². The van der Waals surface area contributed by atoms with Crippen LogP contribution in [-0.2, 0) is 17.8 Å². The van der Waals surface area contributed by atoms with Crippen LogP contribution in [0.4, 0.5) is 4.39 Å². The first-order valence-corrected chi connectivity index (χ1v) is 10.7. The predicted molar refractivity (Wildman–Crippen MR) is 117 cm³/mol. The smallest absolute Gasteiger partial charge is 0.244 e. The van der Waals surface area contributed by atoms with E-state index in [4.69, 9.17) is 4.42 Å². The molecule has 0 N–H and O–H groups in total. The van der Waals surface area contributed by atoms with Gasteiger partial charge in [-0.3, -0.25) is 9.48 Å². The van der Waals surface area contributed by atoms with E-state index in [0.29, 0.717) is 31.0 Å². The molecule has 0 atom stereocenters. The Morgan fingerprint density at radius 1 is 1.26 bits per heavy atom.